The van der Waals surface area contributed by atoms with Gasteiger partial charge in [-0.1, -0.05) is 58.2 Å². The van der Waals surface area contributed by atoms with Crippen LogP contribution < -0.4 is 5.32 Å². The molecule has 1 saturated heterocycles. The molecule has 1 unspecified atom stereocenters. The van der Waals surface area contributed by atoms with Gasteiger partial charge in [-0.05, 0) is 63.0 Å². The highest BCUT2D eigenvalue weighted by Crippen LogP contribution is 2.46. The molecular formula is C28H42N2O3. The summed E-state index contributed by atoms with van der Waals surface area (Å²) in [5, 5.41) is 3.00. The molecule has 0 bridgehead atoms. The molecule has 182 valence electrons. The largest absolute Gasteiger partial charge is 0.342 e. The fourth-order valence-corrected chi connectivity index (χ4v) is 4.94. The number of likely N-dealkylation sites (tertiary alicyclic amines) is 1. The summed E-state index contributed by atoms with van der Waals surface area (Å²) < 4.78 is 0. The van der Waals surface area contributed by atoms with Gasteiger partial charge in [-0.15, -0.1) is 0 Å². The summed E-state index contributed by atoms with van der Waals surface area (Å²) in [6.07, 6.45) is 11.6. The van der Waals surface area contributed by atoms with Crippen LogP contribution in [0.2, 0.25) is 0 Å². The quantitative estimate of drug-likeness (QED) is 0.627. The minimum atomic E-state index is -0.335. The number of benzene rings is 1. The lowest BCUT2D eigenvalue weighted by Crippen LogP contribution is -2.48. The Morgan fingerprint density at radius 2 is 1.48 bits per heavy atom. The van der Waals surface area contributed by atoms with Gasteiger partial charge in [0.05, 0.1) is 6.04 Å². The number of nitrogens with zero attached hydrogens (tertiary/aromatic N) is 1. The van der Waals surface area contributed by atoms with Crippen LogP contribution in [0.1, 0.15) is 95.3 Å². The van der Waals surface area contributed by atoms with Crippen LogP contribution in [0.5, 0.6) is 0 Å². The average molecular weight is 455 g/mol. The average Bonchev–Trinajstić information content (AvgIpc) is 3.62. The number of ketones is 1. The summed E-state index contributed by atoms with van der Waals surface area (Å²) in [6, 6.07) is 8.80. The third-order valence-electron chi connectivity index (χ3n) is 7.48. The zero-order valence-corrected chi connectivity index (χ0v) is 20.8. The molecule has 5 nitrogen and oxygen atoms in total. The van der Waals surface area contributed by atoms with Crippen LogP contribution in [0, 0.1) is 17.3 Å². The van der Waals surface area contributed by atoms with Crippen LogP contribution in [-0.4, -0.2) is 41.6 Å². The third-order valence-corrected chi connectivity index (χ3v) is 7.48. The minimum absolute atomic E-state index is 0.0481. The van der Waals surface area contributed by atoms with Crippen LogP contribution in [0.3, 0.4) is 0 Å². The molecule has 2 saturated carbocycles. The predicted octanol–water partition coefficient (Wildman–Crippen LogP) is 5.39. The summed E-state index contributed by atoms with van der Waals surface area (Å²) >= 11 is 0. The van der Waals surface area contributed by atoms with Crippen molar-refractivity contribution in [2.75, 3.05) is 13.1 Å². The number of piperidine rings is 1. The van der Waals surface area contributed by atoms with Crippen molar-refractivity contribution in [3.8, 4) is 0 Å². The van der Waals surface area contributed by atoms with E-state index in [1.807, 2.05) is 32.0 Å². The van der Waals surface area contributed by atoms with E-state index in [0.717, 1.165) is 51.6 Å². The molecule has 3 aliphatic rings. The van der Waals surface area contributed by atoms with Gasteiger partial charge in [0, 0.05) is 30.0 Å². The van der Waals surface area contributed by atoms with E-state index >= 15 is 0 Å². The van der Waals surface area contributed by atoms with Gasteiger partial charge in [0.15, 0.2) is 5.78 Å². The summed E-state index contributed by atoms with van der Waals surface area (Å²) in [5.41, 5.74) is 0.673. The van der Waals surface area contributed by atoms with E-state index in [0.29, 0.717) is 17.4 Å². The monoisotopic (exact) mass is 454 g/mol. The molecule has 3 fully saturated rings. The van der Waals surface area contributed by atoms with Crippen molar-refractivity contribution in [3.05, 3.63) is 35.9 Å². The maximum Gasteiger partial charge on any atom is 0.251 e. The molecule has 33 heavy (non-hydrogen) atoms. The molecule has 5 heteroatoms. The van der Waals surface area contributed by atoms with Gasteiger partial charge in [0.1, 0.15) is 0 Å². The zero-order valence-electron chi connectivity index (χ0n) is 20.8. The Morgan fingerprint density at radius 3 is 2.03 bits per heavy atom. The molecule has 1 aromatic carbocycles. The Hall–Kier alpha value is -2.17. The standard InChI is InChI=1S/C18H25NO2.C10H17NO/c1-13(2)17(20)16(14-9-5-3-6-10-14)19-18(21)15-11-7-4-8-12-15;1-10(5-6-10)9(12)11-7-3-2-4-8-11/h4,7-8,11-14,16H,3,5-6,9-10H2,1-2H3,(H,19,21);2-8H2,1H3. The van der Waals surface area contributed by atoms with Crippen LogP contribution in [0.4, 0.5) is 0 Å². The third kappa shape index (κ3) is 7.15. The number of Topliss-reactive ketones (excluding diaryl/α,β-unsaturated/α-hetero) is 1. The molecule has 1 heterocycles. The van der Waals surface area contributed by atoms with Crippen LogP contribution in [0.15, 0.2) is 30.3 Å². The molecule has 1 N–H and O–H groups in total. The first kappa shape index (κ1) is 25.5. The Balaban J connectivity index is 0.000000215. The van der Waals surface area contributed by atoms with E-state index in [4.69, 9.17) is 0 Å². The Bertz CT molecular complexity index is 789. The number of hydrogen-bond donors (Lipinski definition) is 1. The van der Waals surface area contributed by atoms with Gasteiger partial charge < -0.3 is 10.2 Å². The van der Waals surface area contributed by atoms with Crippen molar-refractivity contribution in [2.45, 2.75) is 91.0 Å². The highest BCUT2D eigenvalue weighted by Gasteiger charge is 2.47. The van der Waals surface area contributed by atoms with Gasteiger partial charge in [-0.2, -0.15) is 0 Å². The maximum atomic E-state index is 12.5. The van der Waals surface area contributed by atoms with E-state index in [2.05, 4.69) is 17.1 Å². The van der Waals surface area contributed by atoms with E-state index in [-0.39, 0.29) is 29.1 Å². The predicted molar refractivity (Wildman–Crippen MR) is 132 cm³/mol. The summed E-state index contributed by atoms with van der Waals surface area (Å²) in [6.45, 7) is 7.94. The molecule has 1 aromatic rings. The number of carbonyl (C=O) groups is 3. The van der Waals surface area contributed by atoms with E-state index in [9.17, 15) is 14.4 Å². The van der Waals surface area contributed by atoms with E-state index in [1.165, 1.54) is 25.7 Å². The van der Waals surface area contributed by atoms with Gasteiger partial charge in [0.25, 0.3) is 5.91 Å². The van der Waals surface area contributed by atoms with Gasteiger partial charge in [0.2, 0.25) is 5.91 Å². The highest BCUT2D eigenvalue weighted by molar-refractivity contribution is 5.98. The summed E-state index contributed by atoms with van der Waals surface area (Å²) in [4.78, 5) is 38.7. The number of hydrogen-bond acceptors (Lipinski definition) is 3. The number of rotatable bonds is 6. The van der Waals surface area contributed by atoms with Crippen molar-refractivity contribution in [2.24, 2.45) is 17.3 Å². The summed E-state index contributed by atoms with van der Waals surface area (Å²) in [7, 11) is 0. The van der Waals surface area contributed by atoms with Gasteiger partial charge >= 0.3 is 0 Å². The van der Waals surface area contributed by atoms with Crippen molar-refractivity contribution in [3.63, 3.8) is 0 Å². The lowest BCUT2D eigenvalue weighted by Gasteiger charge is -2.31. The first-order chi connectivity index (χ1) is 15.8. The second-order valence-corrected chi connectivity index (χ2v) is 10.7. The highest BCUT2D eigenvalue weighted by atomic mass is 16.2. The number of carbonyl (C=O) groups excluding carboxylic acids is 3. The second kappa shape index (κ2) is 11.8. The number of nitrogens with one attached hydrogen (secondary N) is 1. The molecular weight excluding hydrogens is 412 g/mol. The smallest absolute Gasteiger partial charge is 0.251 e. The molecule has 0 spiro atoms. The molecule has 0 aromatic heterocycles. The van der Waals surface area contributed by atoms with Gasteiger partial charge in [-0.3, -0.25) is 14.4 Å². The molecule has 1 aliphatic heterocycles. The van der Waals surface area contributed by atoms with Crippen LogP contribution >= 0.6 is 0 Å². The van der Waals surface area contributed by atoms with Crippen molar-refractivity contribution in [1.82, 2.24) is 10.2 Å². The Morgan fingerprint density at radius 1 is 0.909 bits per heavy atom. The van der Waals surface area contributed by atoms with E-state index < -0.39 is 0 Å². The zero-order chi connectivity index (χ0) is 23.8. The molecule has 2 amide bonds. The van der Waals surface area contributed by atoms with Gasteiger partial charge in [-0.25, -0.2) is 0 Å². The molecule has 4 rings (SSSR count). The lowest BCUT2D eigenvalue weighted by atomic mass is 9.80. The summed E-state index contributed by atoms with van der Waals surface area (Å²) in [5.74, 6) is 0.683. The molecule has 1 atom stereocenters. The first-order valence-corrected chi connectivity index (χ1v) is 13.0. The first-order valence-electron chi connectivity index (χ1n) is 13.0. The number of amides is 2. The topological polar surface area (TPSA) is 66.5 Å². The van der Waals surface area contributed by atoms with Crippen LogP contribution in [0.25, 0.3) is 0 Å². The fourth-order valence-electron chi connectivity index (χ4n) is 4.94. The normalized spacial score (nSPS) is 20.9. The SMILES string of the molecule is CC(C)C(=O)C(NC(=O)c1ccccc1)C1CCCCC1.CC1(C(=O)N2CCCCC2)CC1. The van der Waals surface area contributed by atoms with Crippen LogP contribution in [-0.2, 0) is 9.59 Å². The van der Waals surface area contributed by atoms with Crippen molar-refractivity contribution < 1.29 is 14.4 Å². The second-order valence-electron chi connectivity index (χ2n) is 10.7. The minimum Gasteiger partial charge on any atom is -0.342 e. The Kier molecular flexibility index (Phi) is 9.10. The fraction of sp³-hybridized carbons (Fsp3) is 0.679. The lowest BCUT2D eigenvalue weighted by molar-refractivity contribution is -0.137. The van der Waals surface area contributed by atoms with E-state index in [1.54, 1.807) is 12.1 Å². The Labute approximate surface area is 199 Å². The van der Waals surface area contributed by atoms with Crippen molar-refractivity contribution in [1.29, 1.82) is 0 Å². The maximum absolute atomic E-state index is 12.5. The molecule has 2 aliphatic carbocycles. The molecule has 0 radical (unpaired) electrons. The van der Waals surface area contributed by atoms with Crippen molar-refractivity contribution >= 4 is 17.6 Å².